The first-order chi connectivity index (χ1) is 9.61. The lowest BCUT2D eigenvalue weighted by Crippen LogP contribution is -2.21. The molecule has 0 unspecified atom stereocenters. The summed E-state index contributed by atoms with van der Waals surface area (Å²) in [7, 11) is 0. The molecule has 102 valence electrons. The van der Waals surface area contributed by atoms with Gasteiger partial charge in [-0.3, -0.25) is 4.79 Å². The molecule has 3 aromatic heterocycles. The lowest BCUT2D eigenvalue weighted by molar-refractivity contribution is 0.0954. The van der Waals surface area contributed by atoms with Gasteiger partial charge in [0.25, 0.3) is 5.91 Å². The Labute approximate surface area is 129 Å². The van der Waals surface area contributed by atoms with Crippen LogP contribution in [0.4, 0.5) is 0 Å². The lowest BCUT2D eigenvalue weighted by Gasteiger charge is -1.99. The Hall–Kier alpha value is -1.56. The fraction of sp³-hybridized carbons (Fsp3) is 0.0769. The van der Waals surface area contributed by atoms with Crippen molar-refractivity contribution in [2.45, 2.75) is 6.54 Å². The minimum Gasteiger partial charge on any atom is -0.346 e. The van der Waals surface area contributed by atoms with Crippen molar-refractivity contribution in [1.29, 1.82) is 0 Å². The lowest BCUT2D eigenvalue weighted by atomic mass is 10.4. The van der Waals surface area contributed by atoms with Crippen molar-refractivity contribution in [3.05, 3.63) is 56.6 Å². The predicted octanol–water partition coefficient (Wildman–Crippen LogP) is 3.63. The van der Waals surface area contributed by atoms with Crippen molar-refractivity contribution in [3.8, 4) is 0 Å². The van der Waals surface area contributed by atoms with E-state index in [1.54, 1.807) is 24.4 Å². The van der Waals surface area contributed by atoms with Crippen LogP contribution in [0.3, 0.4) is 0 Å². The van der Waals surface area contributed by atoms with E-state index in [2.05, 4.69) is 10.3 Å². The van der Waals surface area contributed by atoms with Crippen LogP contribution in [0, 0.1) is 0 Å². The van der Waals surface area contributed by atoms with Gasteiger partial charge >= 0.3 is 0 Å². The Morgan fingerprint density at radius 3 is 2.85 bits per heavy atom. The number of carbonyl (C=O) groups is 1. The maximum atomic E-state index is 11.9. The number of imidazole rings is 1. The maximum absolute atomic E-state index is 11.9. The van der Waals surface area contributed by atoms with Gasteiger partial charge in [-0.25, -0.2) is 4.98 Å². The van der Waals surface area contributed by atoms with Gasteiger partial charge in [0.1, 0.15) is 5.65 Å². The largest absolute Gasteiger partial charge is 0.346 e. The number of amides is 1. The molecular weight excluding hydrogens is 317 g/mol. The highest BCUT2D eigenvalue weighted by Crippen LogP contribution is 2.21. The number of hydrogen-bond donors (Lipinski definition) is 1. The van der Waals surface area contributed by atoms with E-state index < -0.39 is 0 Å². The Balaban J connectivity index is 1.72. The number of halogens is 2. The molecule has 0 atom stereocenters. The second-order valence-electron chi connectivity index (χ2n) is 4.13. The van der Waals surface area contributed by atoms with Crippen molar-refractivity contribution < 1.29 is 4.79 Å². The van der Waals surface area contributed by atoms with Crippen LogP contribution in [-0.4, -0.2) is 15.3 Å². The molecule has 4 nitrogen and oxygen atoms in total. The van der Waals surface area contributed by atoms with Crippen LogP contribution in [0.25, 0.3) is 5.65 Å². The van der Waals surface area contributed by atoms with Gasteiger partial charge in [0.05, 0.1) is 26.5 Å². The number of fused-ring (bicyclic) bond motifs is 1. The van der Waals surface area contributed by atoms with Crippen molar-refractivity contribution in [2.75, 3.05) is 0 Å². The first-order valence-corrected chi connectivity index (χ1v) is 7.36. The topological polar surface area (TPSA) is 46.4 Å². The Morgan fingerprint density at radius 2 is 2.10 bits per heavy atom. The maximum Gasteiger partial charge on any atom is 0.261 e. The minimum absolute atomic E-state index is 0.156. The molecule has 20 heavy (non-hydrogen) atoms. The SMILES string of the molecule is O=C(NCc1cn2cc(Cl)ccc2n1)c1ccc(Cl)s1. The summed E-state index contributed by atoms with van der Waals surface area (Å²) in [6.45, 7) is 0.355. The molecule has 3 aromatic rings. The summed E-state index contributed by atoms with van der Waals surface area (Å²) in [6, 6.07) is 7.01. The zero-order valence-electron chi connectivity index (χ0n) is 10.1. The normalized spacial score (nSPS) is 10.9. The summed E-state index contributed by atoms with van der Waals surface area (Å²) < 4.78 is 2.42. The molecule has 0 aliphatic carbocycles. The van der Waals surface area contributed by atoms with Gasteiger partial charge in [0.2, 0.25) is 0 Å². The predicted molar refractivity (Wildman–Crippen MR) is 80.7 cm³/mol. The van der Waals surface area contributed by atoms with Gasteiger partial charge in [0, 0.05) is 12.4 Å². The van der Waals surface area contributed by atoms with Gasteiger partial charge in [-0.2, -0.15) is 0 Å². The average Bonchev–Trinajstić information content (AvgIpc) is 3.01. The molecule has 0 saturated heterocycles. The quantitative estimate of drug-likeness (QED) is 0.799. The number of nitrogens with one attached hydrogen (secondary N) is 1. The van der Waals surface area contributed by atoms with Gasteiger partial charge < -0.3 is 9.72 Å². The van der Waals surface area contributed by atoms with Crippen molar-refractivity contribution in [2.24, 2.45) is 0 Å². The smallest absolute Gasteiger partial charge is 0.261 e. The van der Waals surface area contributed by atoms with Crippen molar-refractivity contribution in [3.63, 3.8) is 0 Å². The van der Waals surface area contributed by atoms with E-state index in [0.29, 0.717) is 20.8 Å². The molecule has 7 heteroatoms. The molecule has 0 fully saturated rings. The summed E-state index contributed by atoms with van der Waals surface area (Å²) in [5.74, 6) is -0.156. The molecule has 0 aliphatic heterocycles. The van der Waals surface area contributed by atoms with E-state index in [1.807, 2.05) is 16.7 Å². The summed E-state index contributed by atoms with van der Waals surface area (Å²) >= 11 is 13.0. The fourth-order valence-electron chi connectivity index (χ4n) is 1.80. The van der Waals surface area contributed by atoms with Crippen LogP contribution < -0.4 is 5.32 Å². The molecular formula is C13H9Cl2N3OS. The second kappa shape index (κ2) is 5.44. The Morgan fingerprint density at radius 1 is 1.25 bits per heavy atom. The number of aromatic nitrogens is 2. The molecule has 1 amide bonds. The highest BCUT2D eigenvalue weighted by Gasteiger charge is 2.09. The third kappa shape index (κ3) is 2.80. The fourth-order valence-corrected chi connectivity index (χ4v) is 2.92. The molecule has 0 saturated carbocycles. The van der Waals surface area contributed by atoms with Gasteiger partial charge in [-0.15, -0.1) is 11.3 Å². The van der Waals surface area contributed by atoms with E-state index >= 15 is 0 Å². The first kappa shape index (κ1) is 13.4. The zero-order chi connectivity index (χ0) is 14.1. The monoisotopic (exact) mass is 325 g/mol. The van der Waals surface area contributed by atoms with E-state index in [-0.39, 0.29) is 5.91 Å². The van der Waals surface area contributed by atoms with Crippen LogP contribution in [0.1, 0.15) is 15.4 Å². The minimum atomic E-state index is -0.156. The van der Waals surface area contributed by atoms with E-state index in [1.165, 1.54) is 11.3 Å². The summed E-state index contributed by atoms with van der Waals surface area (Å²) in [5.41, 5.74) is 1.56. The van der Waals surface area contributed by atoms with Gasteiger partial charge in [0.15, 0.2) is 0 Å². The molecule has 0 bridgehead atoms. The number of rotatable bonds is 3. The first-order valence-electron chi connectivity index (χ1n) is 5.78. The molecule has 1 N–H and O–H groups in total. The number of thiophene rings is 1. The zero-order valence-corrected chi connectivity index (χ0v) is 12.5. The molecule has 3 rings (SSSR count). The summed E-state index contributed by atoms with van der Waals surface area (Å²) in [6.07, 6.45) is 3.61. The van der Waals surface area contributed by atoms with Crippen molar-refractivity contribution >= 4 is 46.1 Å². The number of pyridine rings is 1. The van der Waals surface area contributed by atoms with Crippen LogP contribution in [0.2, 0.25) is 9.36 Å². The average molecular weight is 326 g/mol. The Bertz CT molecular complexity index is 781. The Kier molecular flexibility index (Phi) is 3.65. The van der Waals surface area contributed by atoms with Crippen molar-refractivity contribution in [1.82, 2.24) is 14.7 Å². The molecule has 0 radical (unpaired) electrons. The van der Waals surface area contributed by atoms with E-state index in [4.69, 9.17) is 23.2 Å². The summed E-state index contributed by atoms with van der Waals surface area (Å²) in [5, 5.41) is 3.45. The van der Waals surface area contributed by atoms with Crippen LogP contribution in [0.15, 0.2) is 36.7 Å². The highest BCUT2D eigenvalue weighted by atomic mass is 35.5. The third-order valence-corrected chi connectivity index (χ3v) is 4.15. The number of carbonyl (C=O) groups excluding carboxylic acids is 1. The molecule has 0 spiro atoms. The number of hydrogen-bond acceptors (Lipinski definition) is 3. The van der Waals surface area contributed by atoms with E-state index in [9.17, 15) is 4.79 Å². The van der Waals surface area contributed by atoms with Crippen LogP contribution in [-0.2, 0) is 6.54 Å². The van der Waals surface area contributed by atoms with Crippen LogP contribution in [0.5, 0.6) is 0 Å². The second-order valence-corrected chi connectivity index (χ2v) is 6.28. The standard InChI is InChI=1S/C13H9Cl2N3OS/c14-8-1-4-12-17-9(7-18(12)6-8)5-16-13(19)10-2-3-11(15)20-10/h1-4,6-7H,5H2,(H,16,19). The van der Waals surface area contributed by atoms with Gasteiger partial charge in [-0.05, 0) is 24.3 Å². The number of nitrogens with zero attached hydrogens (tertiary/aromatic N) is 2. The van der Waals surface area contributed by atoms with Gasteiger partial charge in [-0.1, -0.05) is 23.2 Å². The molecule has 0 aromatic carbocycles. The highest BCUT2D eigenvalue weighted by molar-refractivity contribution is 7.17. The molecule has 3 heterocycles. The van der Waals surface area contributed by atoms with E-state index in [0.717, 1.165) is 11.3 Å². The third-order valence-electron chi connectivity index (χ3n) is 2.69. The van der Waals surface area contributed by atoms with Crippen LogP contribution >= 0.6 is 34.5 Å². The molecule has 0 aliphatic rings. The summed E-state index contributed by atoms with van der Waals surface area (Å²) in [4.78, 5) is 16.9.